The molecule has 0 amide bonds. The molecular weight excluding hydrogens is 260 g/mol. The summed E-state index contributed by atoms with van der Waals surface area (Å²) in [4.78, 5) is 1.61. The van der Waals surface area contributed by atoms with E-state index in [1.807, 2.05) is 0 Å². The van der Waals surface area contributed by atoms with E-state index >= 15 is 0 Å². The van der Waals surface area contributed by atoms with Crippen LogP contribution in [0.15, 0.2) is 24.3 Å². The van der Waals surface area contributed by atoms with Gasteiger partial charge in [-0.3, -0.25) is 0 Å². The van der Waals surface area contributed by atoms with Gasteiger partial charge in [0.1, 0.15) is 0 Å². The Balaban J connectivity index is 3.01. The van der Waals surface area contributed by atoms with Crippen LogP contribution in [-0.2, 0) is 0 Å². The molecule has 0 saturated carbocycles. The lowest BCUT2D eigenvalue weighted by Crippen LogP contribution is -2.40. The summed E-state index contributed by atoms with van der Waals surface area (Å²) in [7, 11) is 3.32. The second kappa shape index (κ2) is 4.70. The van der Waals surface area contributed by atoms with Gasteiger partial charge in [-0.25, -0.2) is 4.39 Å². The first-order valence-corrected chi connectivity index (χ1v) is 4.93. The molecule has 1 aromatic carbocycles. The van der Waals surface area contributed by atoms with Crippen molar-refractivity contribution in [2.75, 3.05) is 19.0 Å². The highest BCUT2D eigenvalue weighted by Crippen LogP contribution is 2.46. The minimum absolute atomic E-state index is 0.571. The van der Waals surface area contributed by atoms with Crippen LogP contribution in [-0.4, -0.2) is 26.2 Å². The van der Waals surface area contributed by atoms with E-state index in [4.69, 9.17) is 0 Å². The van der Waals surface area contributed by atoms with Crippen LogP contribution in [0, 0.1) is 0 Å². The molecule has 1 rings (SSSR count). The summed E-state index contributed by atoms with van der Waals surface area (Å²) in [6.07, 6.45) is -9.32. The maximum Gasteiger partial charge on any atom is 0.456 e. The van der Waals surface area contributed by atoms with Crippen molar-refractivity contribution < 1.29 is 26.3 Å². The van der Waals surface area contributed by atoms with Gasteiger partial charge in [0.15, 0.2) is 6.17 Å². The Morgan fingerprint density at radius 3 is 1.72 bits per heavy atom. The van der Waals surface area contributed by atoms with Crippen LogP contribution in [0.5, 0.6) is 0 Å². The van der Waals surface area contributed by atoms with Crippen molar-refractivity contribution in [3.63, 3.8) is 0 Å². The van der Waals surface area contributed by atoms with Gasteiger partial charge in [0, 0.05) is 19.8 Å². The summed E-state index contributed by atoms with van der Waals surface area (Å²) in [5.74, 6) is -5.40. The second-order valence-electron chi connectivity index (χ2n) is 3.97. The predicted molar refractivity (Wildman–Crippen MR) is 55.6 cm³/mol. The lowest BCUT2D eigenvalue weighted by atomic mass is 10.0. The number of nitrogens with zero attached hydrogens (tertiary/aromatic N) is 1. The molecule has 0 spiro atoms. The van der Waals surface area contributed by atoms with E-state index in [0.717, 1.165) is 12.1 Å². The minimum Gasteiger partial charge on any atom is -0.378 e. The Hall–Kier alpha value is -1.40. The minimum atomic E-state index is -5.91. The average molecular weight is 271 g/mol. The zero-order valence-electron chi connectivity index (χ0n) is 9.60. The van der Waals surface area contributed by atoms with Crippen LogP contribution in [0.4, 0.5) is 32.0 Å². The van der Waals surface area contributed by atoms with Crippen molar-refractivity contribution in [1.82, 2.24) is 0 Å². The maximum atomic E-state index is 13.3. The number of hydrogen-bond donors (Lipinski definition) is 0. The molecular formula is C11H11F6N. The average Bonchev–Trinajstić information content (AvgIpc) is 2.26. The van der Waals surface area contributed by atoms with Crippen molar-refractivity contribution in [3.05, 3.63) is 29.8 Å². The van der Waals surface area contributed by atoms with E-state index in [9.17, 15) is 26.3 Å². The standard InChI is InChI=1S/C11H11F6N/c1-18(2)8-5-3-7(4-6-8)9(12)10(13,14)11(15,16)17/h3-6,9H,1-2H3. The lowest BCUT2D eigenvalue weighted by Gasteiger charge is -2.23. The molecule has 0 aliphatic carbocycles. The van der Waals surface area contributed by atoms with E-state index in [0.29, 0.717) is 5.69 Å². The molecule has 0 aromatic heterocycles. The van der Waals surface area contributed by atoms with Crippen LogP contribution < -0.4 is 4.90 Å². The highest BCUT2D eigenvalue weighted by Gasteiger charge is 2.63. The highest BCUT2D eigenvalue weighted by atomic mass is 19.4. The normalized spacial score (nSPS) is 14.4. The zero-order chi connectivity index (χ0) is 14.1. The van der Waals surface area contributed by atoms with Crippen LogP contribution >= 0.6 is 0 Å². The van der Waals surface area contributed by atoms with E-state index in [1.54, 1.807) is 19.0 Å². The largest absolute Gasteiger partial charge is 0.456 e. The van der Waals surface area contributed by atoms with Crippen LogP contribution in [0.25, 0.3) is 0 Å². The van der Waals surface area contributed by atoms with Gasteiger partial charge in [-0.05, 0) is 17.7 Å². The fraction of sp³-hybridized carbons (Fsp3) is 0.455. The highest BCUT2D eigenvalue weighted by molar-refractivity contribution is 5.46. The number of halogens is 6. The molecule has 1 nitrogen and oxygen atoms in total. The number of hydrogen-bond acceptors (Lipinski definition) is 1. The molecule has 0 aliphatic rings. The molecule has 0 saturated heterocycles. The van der Waals surface area contributed by atoms with Crippen LogP contribution in [0.3, 0.4) is 0 Å². The smallest absolute Gasteiger partial charge is 0.378 e. The Kier molecular flexibility index (Phi) is 3.83. The Bertz CT molecular complexity index is 395. The summed E-state index contributed by atoms with van der Waals surface area (Å²) in [6.45, 7) is 0. The number of rotatable bonds is 3. The summed E-state index contributed by atoms with van der Waals surface area (Å²) >= 11 is 0. The number of benzene rings is 1. The number of anilines is 1. The van der Waals surface area contributed by atoms with Gasteiger partial charge in [-0.15, -0.1) is 0 Å². The quantitative estimate of drug-likeness (QED) is 0.752. The third kappa shape index (κ3) is 2.70. The number of alkyl halides is 6. The van der Waals surface area contributed by atoms with Crippen molar-refractivity contribution >= 4 is 5.69 Å². The summed E-state index contributed by atoms with van der Waals surface area (Å²) in [5.41, 5.74) is -0.135. The van der Waals surface area contributed by atoms with Gasteiger partial charge in [-0.2, -0.15) is 22.0 Å². The molecule has 18 heavy (non-hydrogen) atoms. The summed E-state index contributed by atoms with van der Waals surface area (Å²) in [6, 6.07) is 4.38. The molecule has 1 aromatic rings. The van der Waals surface area contributed by atoms with Crippen LogP contribution in [0.2, 0.25) is 0 Å². The summed E-state index contributed by atoms with van der Waals surface area (Å²) in [5, 5.41) is 0. The fourth-order valence-corrected chi connectivity index (χ4v) is 1.29. The molecule has 0 N–H and O–H groups in total. The van der Waals surface area contributed by atoms with Crippen molar-refractivity contribution in [2.45, 2.75) is 18.3 Å². The molecule has 0 aliphatic heterocycles. The predicted octanol–water partition coefficient (Wildman–Crippen LogP) is 3.96. The summed E-state index contributed by atoms with van der Waals surface area (Å²) < 4.78 is 74.7. The van der Waals surface area contributed by atoms with E-state index in [2.05, 4.69) is 0 Å². The first kappa shape index (κ1) is 14.7. The van der Waals surface area contributed by atoms with Crippen molar-refractivity contribution in [1.29, 1.82) is 0 Å². The van der Waals surface area contributed by atoms with Gasteiger partial charge >= 0.3 is 12.1 Å². The molecule has 7 heteroatoms. The molecule has 1 atom stereocenters. The SMILES string of the molecule is CN(C)c1ccc(C(F)C(F)(F)C(F)(F)F)cc1. The van der Waals surface area contributed by atoms with Gasteiger partial charge in [0.25, 0.3) is 0 Å². The van der Waals surface area contributed by atoms with E-state index in [-0.39, 0.29) is 0 Å². The first-order chi connectivity index (χ1) is 8.07. The molecule has 0 heterocycles. The molecule has 0 fully saturated rings. The van der Waals surface area contributed by atoms with Crippen LogP contribution in [0.1, 0.15) is 11.7 Å². The second-order valence-corrected chi connectivity index (χ2v) is 3.97. The van der Waals surface area contributed by atoms with Crippen molar-refractivity contribution in [3.8, 4) is 0 Å². The maximum absolute atomic E-state index is 13.3. The third-order valence-corrected chi connectivity index (χ3v) is 2.40. The Morgan fingerprint density at radius 1 is 0.944 bits per heavy atom. The molecule has 0 bridgehead atoms. The Labute approximate surface area is 100 Å². The van der Waals surface area contributed by atoms with E-state index in [1.165, 1.54) is 12.1 Å². The zero-order valence-corrected chi connectivity index (χ0v) is 9.60. The van der Waals surface area contributed by atoms with E-state index < -0.39 is 23.8 Å². The van der Waals surface area contributed by atoms with Gasteiger partial charge in [0.05, 0.1) is 0 Å². The Morgan fingerprint density at radius 2 is 1.39 bits per heavy atom. The molecule has 102 valence electrons. The first-order valence-electron chi connectivity index (χ1n) is 4.93. The fourth-order valence-electron chi connectivity index (χ4n) is 1.29. The van der Waals surface area contributed by atoms with Gasteiger partial charge in [-0.1, -0.05) is 12.1 Å². The topological polar surface area (TPSA) is 3.24 Å². The monoisotopic (exact) mass is 271 g/mol. The van der Waals surface area contributed by atoms with Gasteiger partial charge in [0.2, 0.25) is 0 Å². The lowest BCUT2D eigenvalue weighted by molar-refractivity contribution is -0.305. The molecule has 0 radical (unpaired) electrons. The van der Waals surface area contributed by atoms with Gasteiger partial charge < -0.3 is 4.90 Å². The van der Waals surface area contributed by atoms with Crippen molar-refractivity contribution in [2.24, 2.45) is 0 Å². The third-order valence-electron chi connectivity index (χ3n) is 2.40. The molecule has 1 unspecified atom stereocenters.